The van der Waals surface area contributed by atoms with Crippen LogP contribution in [0, 0.1) is 0 Å². The molecule has 0 spiro atoms. The first-order chi connectivity index (χ1) is 9.06. The SMILES string of the molecule is CC(N[C@@H](C)c1ccc(Br)cc1)c1cccc(O)c1. The van der Waals surface area contributed by atoms with Crippen molar-refractivity contribution in [3.05, 3.63) is 64.1 Å². The monoisotopic (exact) mass is 319 g/mol. The third-order valence-electron chi connectivity index (χ3n) is 3.24. The number of phenolic OH excluding ortho intramolecular Hbond substituents is 1. The second kappa shape index (κ2) is 6.22. The molecule has 0 amide bonds. The van der Waals surface area contributed by atoms with Crippen LogP contribution in [0.3, 0.4) is 0 Å². The maximum absolute atomic E-state index is 9.51. The smallest absolute Gasteiger partial charge is 0.115 e. The van der Waals surface area contributed by atoms with E-state index in [0.717, 1.165) is 10.0 Å². The molecule has 2 nitrogen and oxygen atoms in total. The normalized spacial score (nSPS) is 14.1. The summed E-state index contributed by atoms with van der Waals surface area (Å²) in [4.78, 5) is 0. The highest BCUT2D eigenvalue weighted by molar-refractivity contribution is 9.10. The molecule has 0 bridgehead atoms. The van der Waals surface area contributed by atoms with Gasteiger partial charge in [-0.15, -0.1) is 0 Å². The Morgan fingerprint density at radius 2 is 1.58 bits per heavy atom. The number of hydrogen-bond acceptors (Lipinski definition) is 2. The van der Waals surface area contributed by atoms with Crippen LogP contribution in [-0.2, 0) is 0 Å². The van der Waals surface area contributed by atoms with E-state index in [0.29, 0.717) is 5.75 Å². The number of halogens is 1. The van der Waals surface area contributed by atoms with Crippen molar-refractivity contribution in [2.75, 3.05) is 0 Å². The van der Waals surface area contributed by atoms with Crippen LogP contribution in [0.4, 0.5) is 0 Å². The molecule has 0 saturated heterocycles. The molecule has 0 aliphatic carbocycles. The first kappa shape index (κ1) is 14.1. The minimum atomic E-state index is 0.186. The van der Waals surface area contributed by atoms with Crippen LogP contribution in [0.5, 0.6) is 5.75 Å². The van der Waals surface area contributed by atoms with E-state index in [-0.39, 0.29) is 12.1 Å². The van der Waals surface area contributed by atoms with E-state index in [9.17, 15) is 5.11 Å². The summed E-state index contributed by atoms with van der Waals surface area (Å²) in [5.41, 5.74) is 2.33. The van der Waals surface area contributed by atoms with Crippen LogP contribution >= 0.6 is 15.9 Å². The lowest BCUT2D eigenvalue weighted by molar-refractivity contribution is 0.466. The Morgan fingerprint density at radius 3 is 2.21 bits per heavy atom. The van der Waals surface area contributed by atoms with Crippen molar-refractivity contribution in [2.24, 2.45) is 0 Å². The Labute approximate surface area is 122 Å². The van der Waals surface area contributed by atoms with Gasteiger partial charge in [0.25, 0.3) is 0 Å². The molecule has 2 atom stereocenters. The molecule has 100 valence electrons. The van der Waals surface area contributed by atoms with Gasteiger partial charge in [0.1, 0.15) is 5.75 Å². The predicted molar refractivity (Wildman–Crippen MR) is 82.2 cm³/mol. The van der Waals surface area contributed by atoms with Gasteiger partial charge in [0.15, 0.2) is 0 Å². The Morgan fingerprint density at radius 1 is 0.947 bits per heavy atom. The second-order valence-corrected chi connectivity index (χ2v) is 5.67. The lowest BCUT2D eigenvalue weighted by Crippen LogP contribution is -2.22. The van der Waals surface area contributed by atoms with Crippen molar-refractivity contribution in [3.63, 3.8) is 0 Å². The highest BCUT2D eigenvalue weighted by atomic mass is 79.9. The Balaban J connectivity index is 2.06. The van der Waals surface area contributed by atoms with E-state index in [2.05, 4.69) is 47.2 Å². The quantitative estimate of drug-likeness (QED) is 0.865. The van der Waals surface area contributed by atoms with Crippen molar-refractivity contribution in [3.8, 4) is 5.75 Å². The zero-order chi connectivity index (χ0) is 13.8. The minimum absolute atomic E-state index is 0.186. The highest BCUT2D eigenvalue weighted by Crippen LogP contribution is 2.22. The van der Waals surface area contributed by atoms with Crippen LogP contribution in [0.1, 0.15) is 37.1 Å². The van der Waals surface area contributed by atoms with E-state index in [1.165, 1.54) is 5.56 Å². The predicted octanol–water partition coefficient (Wildman–Crippen LogP) is 4.57. The molecule has 2 aromatic rings. The van der Waals surface area contributed by atoms with Gasteiger partial charge in [-0.1, -0.05) is 40.2 Å². The molecule has 2 N–H and O–H groups in total. The fourth-order valence-electron chi connectivity index (χ4n) is 2.11. The summed E-state index contributed by atoms with van der Waals surface area (Å²) < 4.78 is 1.09. The molecule has 1 unspecified atom stereocenters. The van der Waals surface area contributed by atoms with E-state index in [1.807, 2.05) is 24.3 Å². The summed E-state index contributed by atoms with van der Waals surface area (Å²) in [5.74, 6) is 0.308. The summed E-state index contributed by atoms with van der Waals surface area (Å²) in [6.07, 6.45) is 0. The van der Waals surface area contributed by atoms with Crippen LogP contribution in [-0.4, -0.2) is 5.11 Å². The Kier molecular flexibility index (Phi) is 4.61. The van der Waals surface area contributed by atoms with Crippen molar-refractivity contribution in [2.45, 2.75) is 25.9 Å². The highest BCUT2D eigenvalue weighted by Gasteiger charge is 2.11. The molecule has 0 aliphatic heterocycles. The Hall–Kier alpha value is -1.32. The summed E-state index contributed by atoms with van der Waals surface area (Å²) in [7, 11) is 0. The number of rotatable bonds is 4. The molecule has 19 heavy (non-hydrogen) atoms. The molecule has 0 fully saturated rings. The zero-order valence-electron chi connectivity index (χ0n) is 11.1. The van der Waals surface area contributed by atoms with Crippen LogP contribution in [0.25, 0.3) is 0 Å². The topological polar surface area (TPSA) is 32.3 Å². The van der Waals surface area contributed by atoms with Gasteiger partial charge in [0.2, 0.25) is 0 Å². The maximum Gasteiger partial charge on any atom is 0.115 e. The van der Waals surface area contributed by atoms with E-state index in [1.54, 1.807) is 12.1 Å². The van der Waals surface area contributed by atoms with Gasteiger partial charge in [-0.2, -0.15) is 0 Å². The summed E-state index contributed by atoms with van der Waals surface area (Å²) in [5, 5.41) is 13.0. The standard InChI is InChI=1S/C16H18BrNO/c1-11(13-6-8-15(17)9-7-13)18-12(2)14-4-3-5-16(19)10-14/h3-12,18-19H,1-2H3/t11-,12?/m0/s1. The van der Waals surface area contributed by atoms with E-state index >= 15 is 0 Å². The van der Waals surface area contributed by atoms with Crippen molar-refractivity contribution in [1.82, 2.24) is 5.32 Å². The van der Waals surface area contributed by atoms with Crippen molar-refractivity contribution in [1.29, 1.82) is 0 Å². The third kappa shape index (κ3) is 3.82. The lowest BCUT2D eigenvalue weighted by atomic mass is 10.0. The summed E-state index contributed by atoms with van der Waals surface area (Å²) >= 11 is 3.44. The Bertz CT molecular complexity index is 539. The second-order valence-electron chi connectivity index (χ2n) is 4.76. The van der Waals surface area contributed by atoms with Gasteiger partial charge in [0.05, 0.1) is 0 Å². The average molecular weight is 320 g/mol. The maximum atomic E-state index is 9.51. The average Bonchev–Trinajstić information content (AvgIpc) is 2.39. The van der Waals surface area contributed by atoms with Gasteiger partial charge in [0, 0.05) is 16.6 Å². The molecule has 2 aromatic carbocycles. The number of hydrogen-bond donors (Lipinski definition) is 2. The van der Waals surface area contributed by atoms with E-state index < -0.39 is 0 Å². The first-order valence-electron chi connectivity index (χ1n) is 6.36. The first-order valence-corrected chi connectivity index (χ1v) is 7.16. The number of aromatic hydroxyl groups is 1. The van der Waals surface area contributed by atoms with Gasteiger partial charge in [-0.25, -0.2) is 0 Å². The molecule has 0 saturated carbocycles. The van der Waals surface area contributed by atoms with E-state index in [4.69, 9.17) is 0 Å². The van der Waals surface area contributed by atoms with Gasteiger partial charge in [-0.05, 0) is 49.2 Å². The molecule has 0 radical (unpaired) electrons. The fourth-order valence-corrected chi connectivity index (χ4v) is 2.38. The molecule has 0 heterocycles. The van der Waals surface area contributed by atoms with Crippen LogP contribution < -0.4 is 5.32 Å². The molecule has 3 heteroatoms. The van der Waals surface area contributed by atoms with Gasteiger partial charge >= 0.3 is 0 Å². The van der Waals surface area contributed by atoms with Gasteiger partial charge in [-0.3, -0.25) is 0 Å². The summed E-state index contributed by atoms with van der Waals surface area (Å²) in [6, 6.07) is 16.1. The van der Waals surface area contributed by atoms with Crippen LogP contribution in [0.2, 0.25) is 0 Å². The molecule has 2 rings (SSSR count). The molecular weight excluding hydrogens is 302 g/mol. The number of phenols is 1. The van der Waals surface area contributed by atoms with Gasteiger partial charge < -0.3 is 10.4 Å². The minimum Gasteiger partial charge on any atom is -0.508 e. The molecule has 0 aliphatic rings. The largest absolute Gasteiger partial charge is 0.508 e. The lowest BCUT2D eigenvalue weighted by Gasteiger charge is -2.21. The fraction of sp³-hybridized carbons (Fsp3) is 0.250. The summed E-state index contributed by atoms with van der Waals surface area (Å²) in [6.45, 7) is 4.24. The van der Waals surface area contributed by atoms with Crippen molar-refractivity contribution >= 4 is 15.9 Å². The number of nitrogens with one attached hydrogen (secondary N) is 1. The number of benzene rings is 2. The van der Waals surface area contributed by atoms with Crippen molar-refractivity contribution < 1.29 is 5.11 Å². The zero-order valence-corrected chi connectivity index (χ0v) is 12.7. The van der Waals surface area contributed by atoms with Crippen LogP contribution in [0.15, 0.2) is 53.0 Å². The molecule has 0 aromatic heterocycles. The molecular formula is C16H18BrNO. The third-order valence-corrected chi connectivity index (χ3v) is 3.77.